The Bertz CT molecular complexity index is 723. The van der Waals surface area contributed by atoms with Gasteiger partial charge in [0, 0.05) is 30.7 Å². The maximum atomic E-state index is 4.12. The first kappa shape index (κ1) is 13.4. The van der Waals surface area contributed by atoms with E-state index in [2.05, 4.69) is 47.0 Å². The Hall–Kier alpha value is -2.56. The second kappa shape index (κ2) is 5.44. The predicted molar refractivity (Wildman–Crippen MR) is 83.6 cm³/mol. The first-order valence-electron chi connectivity index (χ1n) is 6.97. The molecule has 0 saturated carbocycles. The van der Waals surface area contributed by atoms with Crippen molar-refractivity contribution in [2.75, 3.05) is 5.32 Å². The van der Waals surface area contributed by atoms with E-state index in [-0.39, 0.29) is 0 Å². The summed E-state index contributed by atoms with van der Waals surface area (Å²) in [6.45, 7) is 5.10. The van der Waals surface area contributed by atoms with Gasteiger partial charge >= 0.3 is 0 Å². The lowest BCUT2D eigenvalue weighted by Gasteiger charge is -2.08. The normalized spacial score (nSPS) is 10.8. The summed E-state index contributed by atoms with van der Waals surface area (Å²) in [5.41, 5.74) is 5.96. The van der Waals surface area contributed by atoms with Crippen molar-refractivity contribution in [1.29, 1.82) is 0 Å². The van der Waals surface area contributed by atoms with E-state index in [1.54, 1.807) is 17.2 Å². The molecule has 2 aromatic heterocycles. The van der Waals surface area contributed by atoms with Gasteiger partial charge in [0.25, 0.3) is 0 Å². The summed E-state index contributed by atoms with van der Waals surface area (Å²) < 4.78 is 2.21. The Morgan fingerprint density at radius 3 is 2.29 bits per heavy atom. The topological polar surface area (TPSA) is 47.7 Å². The quantitative estimate of drug-likeness (QED) is 0.800. The van der Waals surface area contributed by atoms with Gasteiger partial charge in [0.15, 0.2) is 0 Å². The first-order valence-corrected chi connectivity index (χ1v) is 6.97. The van der Waals surface area contributed by atoms with Crippen molar-refractivity contribution >= 4 is 5.69 Å². The van der Waals surface area contributed by atoms with Gasteiger partial charge in [0.2, 0.25) is 0 Å². The summed E-state index contributed by atoms with van der Waals surface area (Å²) in [7, 11) is 2.10. The van der Waals surface area contributed by atoms with E-state index in [1.165, 1.54) is 17.0 Å². The Kier molecular flexibility index (Phi) is 3.48. The maximum Gasteiger partial charge on any atom is 0.0858 e. The summed E-state index contributed by atoms with van der Waals surface area (Å²) in [4.78, 5) is 1.61. The van der Waals surface area contributed by atoms with Gasteiger partial charge in [-0.05, 0) is 49.7 Å². The summed E-state index contributed by atoms with van der Waals surface area (Å²) in [5.74, 6) is 0. The minimum atomic E-state index is 0.826. The number of nitrogens with zero attached hydrogens (tertiary/aromatic N) is 4. The number of aromatic nitrogens is 4. The number of benzene rings is 1. The van der Waals surface area contributed by atoms with Crippen LogP contribution in [0.15, 0.2) is 42.7 Å². The zero-order valence-corrected chi connectivity index (χ0v) is 12.5. The molecular formula is C16H19N5. The maximum absolute atomic E-state index is 4.12. The number of nitrogens with one attached hydrogen (secondary N) is 1. The molecule has 0 aliphatic carbocycles. The van der Waals surface area contributed by atoms with E-state index in [0.29, 0.717) is 0 Å². The van der Waals surface area contributed by atoms with Gasteiger partial charge < -0.3 is 9.88 Å². The van der Waals surface area contributed by atoms with Crippen LogP contribution >= 0.6 is 0 Å². The molecule has 0 atom stereocenters. The molecule has 0 fully saturated rings. The third-order valence-corrected chi connectivity index (χ3v) is 3.88. The number of rotatable bonds is 4. The van der Waals surface area contributed by atoms with Crippen molar-refractivity contribution in [3.05, 3.63) is 59.7 Å². The van der Waals surface area contributed by atoms with Crippen molar-refractivity contribution in [1.82, 2.24) is 19.6 Å². The van der Waals surface area contributed by atoms with Crippen LogP contribution < -0.4 is 5.32 Å². The first-order chi connectivity index (χ1) is 10.1. The smallest absolute Gasteiger partial charge is 0.0858 e. The van der Waals surface area contributed by atoms with E-state index >= 15 is 0 Å². The van der Waals surface area contributed by atoms with Gasteiger partial charge in [-0.15, -0.1) is 0 Å². The lowest BCUT2D eigenvalue weighted by Crippen LogP contribution is -2.02. The van der Waals surface area contributed by atoms with Gasteiger partial charge in [-0.1, -0.05) is 0 Å². The summed E-state index contributed by atoms with van der Waals surface area (Å²) in [6.07, 6.45) is 3.35. The molecule has 0 aliphatic heterocycles. The fourth-order valence-corrected chi connectivity index (χ4v) is 2.37. The lowest BCUT2D eigenvalue weighted by atomic mass is 10.2. The molecule has 0 spiro atoms. The van der Waals surface area contributed by atoms with Crippen LogP contribution in [0, 0.1) is 13.8 Å². The molecule has 108 valence electrons. The van der Waals surface area contributed by atoms with Crippen LogP contribution in [0.4, 0.5) is 5.69 Å². The highest BCUT2D eigenvalue weighted by Crippen LogP contribution is 2.17. The summed E-state index contributed by atoms with van der Waals surface area (Å²) >= 11 is 0. The molecule has 3 aromatic rings. The van der Waals surface area contributed by atoms with Crippen LogP contribution in [0.3, 0.4) is 0 Å². The average Bonchev–Trinajstić information content (AvgIpc) is 3.11. The van der Waals surface area contributed by atoms with E-state index in [0.717, 1.165) is 17.9 Å². The molecule has 0 amide bonds. The minimum Gasteiger partial charge on any atom is -0.381 e. The second-order valence-corrected chi connectivity index (χ2v) is 5.17. The van der Waals surface area contributed by atoms with Crippen molar-refractivity contribution in [2.24, 2.45) is 7.05 Å². The fourth-order valence-electron chi connectivity index (χ4n) is 2.37. The number of hydrogen-bond donors (Lipinski definition) is 1. The van der Waals surface area contributed by atoms with Crippen LogP contribution in [-0.2, 0) is 13.6 Å². The number of hydrogen-bond acceptors (Lipinski definition) is 3. The van der Waals surface area contributed by atoms with E-state index in [4.69, 9.17) is 0 Å². The van der Waals surface area contributed by atoms with Gasteiger partial charge in [0.05, 0.1) is 18.1 Å². The van der Waals surface area contributed by atoms with Crippen LogP contribution in [0.5, 0.6) is 0 Å². The van der Waals surface area contributed by atoms with Gasteiger partial charge in [-0.3, -0.25) is 0 Å². The molecule has 0 aliphatic rings. The van der Waals surface area contributed by atoms with Crippen LogP contribution in [0.2, 0.25) is 0 Å². The molecule has 2 heterocycles. The van der Waals surface area contributed by atoms with Crippen molar-refractivity contribution in [2.45, 2.75) is 20.4 Å². The van der Waals surface area contributed by atoms with Gasteiger partial charge in [-0.2, -0.15) is 15.0 Å². The molecule has 0 unspecified atom stereocenters. The molecule has 0 bridgehead atoms. The highest BCUT2D eigenvalue weighted by Gasteiger charge is 2.05. The Balaban J connectivity index is 1.69. The minimum absolute atomic E-state index is 0.826. The standard InChI is InChI=1S/C16H19N5/c1-12-10-14(13(2)20(12)3)11-17-15-4-6-16(7-5-15)21-18-8-9-19-21/h4-10,17H,11H2,1-3H3. The zero-order valence-electron chi connectivity index (χ0n) is 12.5. The summed E-state index contributed by atoms with van der Waals surface area (Å²) in [5, 5.41) is 11.7. The van der Waals surface area contributed by atoms with Crippen molar-refractivity contribution in [3.8, 4) is 5.69 Å². The van der Waals surface area contributed by atoms with Crippen molar-refractivity contribution in [3.63, 3.8) is 0 Å². The lowest BCUT2D eigenvalue weighted by molar-refractivity contribution is 0.752. The Morgan fingerprint density at radius 2 is 1.71 bits per heavy atom. The Labute approximate surface area is 124 Å². The zero-order chi connectivity index (χ0) is 14.8. The third-order valence-electron chi connectivity index (χ3n) is 3.88. The third kappa shape index (κ3) is 2.67. The SMILES string of the molecule is Cc1cc(CNc2ccc(-n3nccn3)cc2)c(C)n1C. The summed E-state index contributed by atoms with van der Waals surface area (Å²) in [6, 6.07) is 10.3. The largest absolute Gasteiger partial charge is 0.381 e. The monoisotopic (exact) mass is 281 g/mol. The fraction of sp³-hybridized carbons (Fsp3) is 0.250. The Morgan fingerprint density at radius 1 is 1.05 bits per heavy atom. The van der Waals surface area contributed by atoms with Crippen LogP contribution in [0.25, 0.3) is 5.69 Å². The molecule has 0 radical (unpaired) electrons. The van der Waals surface area contributed by atoms with Gasteiger partial charge in [-0.25, -0.2) is 0 Å². The predicted octanol–water partition coefficient (Wildman–Crippen LogP) is 2.83. The van der Waals surface area contributed by atoms with Crippen LogP contribution in [0.1, 0.15) is 17.0 Å². The van der Waals surface area contributed by atoms with Gasteiger partial charge in [0.1, 0.15) is 0 Å². The molecule has 0 saturated heterocycles. The molecule has 1 N–H and O–H groups in total. The van der Waals surface area contributed by atoms with Crippen molar-refractivity contribution < 1.29 is 0 Å². The molecule has 5 nitrogen and oxygen atoms in total. The highest BCUT2D eigenvalue weighted by atomic mass is 15.5. The molecule has 5 heteroatoms. The molecule has 21 heavy (non-hydrogen) atoms. The second-order valence-electron chi connectivity index (χ2n) is 5.17. The van der Waals surface area contributed by atoms with E-state index in [9.17, 15) is 0 Å². The molecule has 1 aromatic carbocycles. The molecular weight excluding hydrogens is 262 g/mol. The van der Waals surface area contributed by atoms with Crippen LogP contribution in [-0.4, -0.2) is 19.6 Å². The highest BCUT2D eigenvalue weighted by molar-refractivity contribution is 5.48. The molecule has 3 rings (SSSR count). The average molecular weight is 281 g/mol. The van der Waals surface area contributed by atoms with E-state index in [1.807, 2.05) is 24.3 Å². The number of anilines is 1. The number of aryl methyl sites for hydroxylation is 1. The van der Waals surface area contributed by atoms with E-state index < -0.39 is 0 Å².